The van der Waals surface area contributed by atoms with E-state index in [4.69, 9.17) is 9.26 Å². The van der Waals surface area contributed by atoms with Crippen LogP contribution in [0.2, 0.25) is 0 Å². The third kappa shape index (κ3) is 3.28. The molecule has 0 aliphatic heterocycles. The van der Waals surface area contributed by atoms with Gasteiger partial charge in [-0.05, 0) is 31.5 Å². The number of hydrogen-bond donors (Lipinski definition) is 0. The van der Waals surface area contributed by atoms with Crippen LogP contribution in [0, 0.1) is 13.8 Å². The normalized spacial score (nSPS) is 10.6. The summed E-state index contributed by atoms with van der Waals surface area (Å²) in [5.41, 5.74) is 3.29. The Morgan fingerprint density at radius 3 is 2.57 bits per heavy atom. The first-order valence-electron chi connectivity index (χ1n) is 6.80. The fourth-order valence-corrected chi connectivity index (χ4v) is 1.98. The van der Waals surface area contributed by atoms with Gasteiger partial charge >= 0.3 is 0 Å². The molecule has 106 valence electrons. The lowest BCUT2D eigenvalue weighted by Crippen LogP contribution is -1.95. The Balaban J connectivity index is 1.69. The molecule has 3 rings (SSSR count). The molecule has 0 amide bonds. The highest BCUT2D eigenvalue weighted by Crippen LogP contribution is 2.18. The van der Waals surface area contributed by atoms with Crippen molar-refractivity contribution in [3.63, 3.8) is 0 Å². The largest absolute Gasteiger partial charge is 0.484 e. The molecule has 0 radical (unpaired) electrons. The Labute approximate surface area is 123 Å². The molecular weight excluding hydrogens is 264 g/mol. The molecule has 0 aliphatic rings. The van der Waals surface area contributed by atoms with E-state index in [-0.39, 0.29) is 6.61 Å². The Hall–Kier alpha value is -2.62. The Bertz CT molecular complexity index is 733. The first-order valence-corrected chi connectivity index (χ1v) is 6.80. The number of ether oxygens (including phenoxy) is 1. The highest BCUT2D eigenvalue weighted by atomic mass is 16.5. The summed E-state index contributed by atoms with van der Waals surface area (Å²) in [6.07, 6.45) is 0. The van der Waals surface area contributed by atoms with Crippen molar-refractivity contribution in [2.75, 3.05) is 0 Å². The number of hydrogen-bond acceptors (Lipinski definition) is 4. The van der Waals surface area contributed by atoms with Gasteiger partial charge in [-0.3, -0.25) is 0 Å². The van der Waals surface area contributed by atoms with Crippen molar-refractivity contribution in [2.45, 2.75) is 20.5 Å². The Morgan fingerprint density at radius 1 is 1.00 bits per heavy atom. The topological polar surface area (TPSA) is 48.2 Å². The van der Waals surface area contributed by atoms with Crippen LogP contribution in [0.3, 0.4) is 0 Å². The number of aryl methyl sites for hydroxylation is 2. The van der Waals surface area contributed by atoms with Crippen molar-refractivity contribution in [3.8, 4) is 17.1 Å². The third-order valence-electron chi connectivity index (χ3n) is 3.13. The van der Waals surface area contributed by atoms with Gasteiger partial charge in [-0.15, -0.1) is 0 Å². The summed E-state index contributed by atoms with van der Waals surface area (Å²) in [6.45, 7) is 4.33. The van der Waals surface area contributed by atoms with Gasteiger partial charge in [-0.1, -0.05) is 47.1 Å². The minimum absolute atomic E-state index is 0.266. The molecule has 2 aromatic carbocycles. The fourth-order valence-electron chi connectivity index (χ4n) is 1.98. The predicted octanol–water partition coefficient (Wildman–Crippen LogP) is 3.93. The van der Waals surface area contributed by atoms with Gasteiger partial charge in [0, 0.05) is 5.56 Å². The van der Waals surface area contributed by atoms with Crippen LogP contribution in [0.5, 0.6) is 5.75 Å². The predicted molar refractivity (Wildman–Crippen MR) is 80.0 cm³/mol. The second-order valence-corrected chi connectivity index (χ2v) is 4.98. The lowest BCUT2D eigenvalue weighted by Gasteiger charge is -2.03. The number of aromatic nitrogens is 2. The molecule has 0 saturated heterocycles. The van der Waals surface area contributed by atoms with Crippen molar-refractivity contribution in [1.82, 2.24) is 10.1 Å². The van der Waals surface area contributed by atoms with Crippen LogP contribution in [0.4, 0.5) is 0 Å². The zero-order valence-electron chi connectivity index (χ0n) is 12.0. The van der Waals surface area contributed by atoms with Crippen molar-refractivity contribution in [3.05, 3.63) is 65.5 Å². The lowest BCUT2D eigenvalue weighted by atomic mass is 10.1. The zero-order chi connectivity index (χ0) is 14.7. The van der Waals surface area contributed by atoms with Gasteiger partial charge in [0.05, 0.1) is 0 Å². The highest BCUT2D eigenvalue weighted by Gasteiger charge is 2.09. The van der Waals surface area contributed by atoms with Crippen LogP contribution < -0.4 is 4.74 Å². The van der Waals surface area contributed by atoms with E-state index in [2.05, 4.69) is 10.1 Å². The number of benzene rings is 2. The molecule has 1 heterocycles. The maximum atomic E-state index is 5.64. The summed E-state index contributed by atoms with van der Waals surface area (Å²) in [6, 6.07) is 15.9. The summed E-state index contributed by atoms with van der Waals surface area (Å²) in [7, 11) is 0. The van der Waals surface area contributed by atoms with Crippen LogP contribution in [0.15, 0.2) is 53.1 Å². The Kier molecular flexibility index (Phi) is 3.69. The van der Waals surface area contributed by atoms with Crippen LogP contribution in [0.1, 0.15) is 17.0 Å². The van der Waals surface area contributed by atoms with E-state index >= 15 is 0 Å². The maximum Gasteiger partial charge on any atom is 0.264 e. The van der Waals surface area contributed by atoms with Crippen molar-refractivity contribution < 1.29 is 9.26 Å². The van der Waals surface area contributed by atoms with Crippen LogP contribution >= 0.6 is 0 Å². The smallest absolute Gasteiger partial charge is 0.264 e. The molecule has 0 unspecified atom stereocenters. The van der Waals surface area contributed by atoms with E-state index < -0.39 is 0 Å². The van der Waals surface area contributed by atoms with Crippen molar-refractivity contribution in [1.29, 1.82) is 0 Å². The quantitative estimate of drug-likeness (QED) is 0.726. The highest BCUT2D eigenvalue weighted by molar-refractivity contribution is 5.54. The molecule has 0 aliphatic carbocycles. The summed E-state index contributed by atoms with van der Waals surface area (Å²) >= 11 is 0. The summed E-state index contributed by atoms with van der Waals surface area (Å²) in [5, 5.41) is 3.98. The van der Waals surface area contributed by atoms with Gasteiger partial charge in [-0.25, -0.2) is 0 Å². The van der Waals surface area contributed by atoms with E-state index in [1.165, 1.54) is 5.56 Å². The summed E-state index contributed by atoms with van der Waals surface area (Å²) < 4.78 is 10.9. The molecule has 4 heteroatoms. The maximum absolute atomic E-state index is 5.64. The number of rotatable bonds is 4. The zero-order valence-corrected chi connectivity index (χ0v) is 12.0. The molecule has 0 fully saturated rings. The van der Waals surface area contributed by atoms with E-state index in [1.54, 1.807) is 0 Å². The molecule has 21 heavy (non-hydrogen) atoms. The average Bonchev–Trinajstić information content (AvgIpc) is 2.95. The van der Waals surface area contributed by atoms with Crippen LogP contribution in [-0.4, -0.2) is 10.1 Å². The Morgan fingerprint density at radius 2 is 1.81 bits per heavy atom. The molecule has 0 spiro atoms. The minimum atomic E-state index is 0.266. The minimum Gasteiger partial charge on any atom is -0.484 e. The van der Waals surface area contributed by atoms with E-state index in [0.717, 1.165) is 16.9 Å². The average molecular weight is 280 g/mol. The van der Waals surface area contributed by atoms with Gasteiger partial charge in [0.15, 0.2) is 6.61 Å². The van der Waals surface area contributed by atoms with Gasteiger partial charge in [0.25, 0.3) is 5.89 Å². The van der Waals surface area contributed by atoms with Gasteiger partial charge in [0.1, 0.15) is 5.75 Å². The van der Waals surface area contributed by atoms with Crippen molar-refractivity contribution >= 4 is 0 Å². The SMILES string of the molecule is Cc1ccc(-c2noc(COc3cccc(C)c3)n2)cc1. The molecule has 0 N–H and O–H groups in total. The second-order valence-electron chi connectivity index (χ2n) is 4.98. The first kappa shape index (κ1) is 13.4. The number of nitrogens with zero attached hydrogens (tertiary/aromatic N) is 2. The van der Waals surface area contributed by atoms with E-state index in [1.807, 2.05) is 62.4 Å². The molecule has 0 bridgehead atoms. The van der Waals surface area contributed by atoms with Gasteiger partial charge in [-0.2, -0.15) is 4.98 Å². The summed E-state index contributed by atoms with van der Waals surface area (Å²) in [5.74, 6) is 1.84. The molecule has 0 atom stereocenters. The second kappa shape index (κ2) is 5.79. The van der Waals surface area contributed by atoms with Crippen LogP contribution in [0.25, 0.3) is 11.4 Å². The van der Waals surface area contributed by atoms with Crippen molar-refractivity contribution in [2.24, 2.45) is 0 Å². The molecular formula is C17H16N2O2. The standard InChI is InChI=1S/C17H16N2O2/c1-12-6-8-14(9-7-12)17-18-16(21-19-17)11-20-15-5-3-4-13(2)10-15/h3-10H,11H2,1-2H3. The van der Waals surface area contributed by atoms with Gasteiger partial charge in [0.2, 0.25) is 5.82 Å². The lowest BCUT2D eigenvalue weighted by molar-refractivity contribution is 0.243. The third-order valence-corrected chi connectivity index (χ3v) is 3.13. The summed E-state index contributed by atoms with van der Waals surface area (Å²) in [4.78, 5) is 4.34. The fraction of sp³-hybridized carbons (Fsp3) is 0.176. The van der Waals surface area contributed by atoms with Crippen LogP contribution in [-0.2, 0) is 6.61 Å². The first-order chi connectivity index (χ1) is 10.2. The molecule has 3 aromatic rings. The monoisotopic (exact) mass is 280 g/mol. The molecule has 0 saturated carbocycles. The van der Waals surface area contributed by atoms with E-state index in [9.17, 15) is 0 Å². The van der Waals surface area contributed by atoms with E-state index in [0.29, 0.717) is 11.7 Å². The van der Waals surface area contributed by atoms with Gasteiger partial charge < -0.3 is 9.26 Å². The molecule has 1 aromatic heterocycles. The molecule has 4 nitrogen and oxygen atoms in total.